The Hall–Kier alpha value is -1.69. The summed E-state index contributed by atoms with van der Waals surface area (Å²) in [5, 5.41) is 9.55. The van der Waals surface area contributed by atoms with E-state index in [4.69, 9.17) is 5.11 Å². The van der Waals surface area contributed by atoms with Crippen LogP contribution < -0.4 is 5.56 Å². The van der Waals surface area contributed by atoms with Gasteiger partial charge in [0.2, 0.25) is 0 Å². The molecule has 0 aromatic carbocycles. The summed E-state index contributed by atoms with van der Waals surface area (Å²) >= 11 is 1.06. The smallest absolute Gasteiger partial charge is 0.346 e. The highest BCUT2D eigenvalue weighted by atomic mass is 32.1. The summed E-state index contributed by atoms with van der Waals surface area (Å²) < 4.78 is 1.62. The number of carboxylic acid groups (broad SMARTS) is 1. The van der Waals surface area contributed by atoms with Crippen LogP contribution in [0.5, 0.6) is 0 Å². The Labute approximate surface area is 114 Å². The third kappa shape index (κ3) is 2.28. The summed E-state index contributed by atoms with van der Waals surface area (Å²) in [6.45, 7) is 8.09. The fourth-order valence-electron chi connectivity index (χ4n) is 2.10. The number of hydrogen-bond donors (Lipinski definition) is 1. The third-order valence-electron chi connectivity index (χ3n) is 2.98. The fourth-order valence-corrected chi connectivity index (χ4v) is 3.16. The minimum atomic E-state index is -1.01. The van der Waals surface area contributed by atoms with Gasteiger partial charge in [-0.15, -0.1) is 11.3 Å². The molecule has 2 aromatic heterocycles. The molecule has 0 radical (unpaired) electrons. The van der Waals surface area contributed by atoms with Crippen LogP contribution >= 0.6 is 11.3 Å². The number of carboxylic acids is 1. The largest absolute Gasteiger partial charge is 0.477 e. The predicted octanol–water partition coefficient (Wildman–Crippen LogP) is 2.43. The molecule has 5 nitrogen and oxygen atoms in total. The van der Waals surface area contributed by atoms with Crippen LogP contribution in [0.25, 0.3) is 10.2 Å². The monoisotopic (exact) mass is 280 g/mol. The Morgan fingerprint density at radius 1 is 1.42 bits per heavy atom. The summed E-state index contributed by atoms with van der Waals surface area (Å²) in [6, 6.07) is 0. The number of fused-ring (bicyclic) bond motifs is 1. The highest BCUT2D eigenvalue weighted by Crippen LogP contribution is 2.27. The first-order chi connectivity index (χ1) is 8.82. The van der Waals surface area contributed by atoms with E-state index < -0.39 is 5.97 Å². The molecule has 2 rings (SSSR count). The standard InChI is InChI=1S/C13H16N2O3S/c1-6(2)5-15-8(4)14-11-9(12(15)16)7(3)10(19-11)13(17)18/h6H,5H2,1-4H3,(H,17,18). The molecule has 6 heteroatoms. The Bertz CT molecular complexity index is 713. The molecular weight excluding hydrogens is 264 g/mol. The van der Waals surface area contributed by atoms with Crippen molar-refractivity contribution < 1.29 is 9.90 Å². The van der Waals surface area contributed by atoms with Crippen molar-refractivity contribution in [2.75, 3.05) is 0 Å². The van der Waals surface area contributed by atoms with E-state index in [1.54, 1.807) is 18.4 Å². The molecule has 0 aliphatic rings. The van der Waals surface area contributed by atoms with Crippen LogP contribution in [-0.4, -0.2) is 20.6 Å². The second kappa shape index (κ2) is 4.77. The number of thiophene rings is 1. The maximum absolute atomic E-state index is 12.5. The van der Waals surface area contributed by atoms with Crippen molar-refractivity contribution in [2.45, 2.75) is 34.2 Å². The van der Waals surface area contributed by atoms with Gasteiger partial charge >= 0.3 is 5.97 Å². The molecule has 0 saturated heterocycles. The van der Waals surface area contributed by atoms with Gasteiger partial charge in [0.05, 0.1) is 5.39 Å². The van der Waals surface area contributed by atoms with E-state index in [1.807, 2.05) is 13.8 Å². The van der Waals surface area contributed by atoms with Gasteiger partial charge in [-0.3, -0.25) is 9.36 Å². The molecule has 0 amide bonds. The van der Waals surface area contributed by atoms with Crippen LogP contribution in [0, 0.1) is 19.8 Å². The van der Waals surface area contributed by atoms with Gasteiger partial charge in [0.25, 0.3) is 5.56 Å². The van der Waals surface area contributed by atoms with E-state index in [9.17, 15) is 9.59 Å². The van der Waals surface area contributed by atoms with Gasteiger partial charge in [-0.1, -0.05) is 13.8 Å². The summed E-state index contributed by atoms with van der Waals surface area (Å²) in [7, 11) is 0. The number of aromatic nitrogens is 2. The minimum Gasteiger partial charge on any atom is -0.477 e. The van der Waals surface area contributed by atoms with Crippen LogP contribution in [0.15, 0.2) is 4.79 Å². The van der Waals surface area contributed by atoms with Crippen LogP contribution in [0.2, 0.25) is 0 Å². The summed E-state index contributed by atoms with van der Waals surface area (Å²) in [5.74, 6) is -0.0501. The zero-order chi connectivity index (χ0) is 14.3. The summed E-state index contributed by atoms with van der Waals surface area (Å²) in [5.41, 5.74) is 0.375. The van der Waals surface area contributed by atoms with Gasteiger partial charge < -0.3 is 5.11 Å². The summed E-state index contributed by atoms with van der Waals surface area (Å²) in [6.07, 6.45) is 0. The number of nitrogens with zero attached hydrogens (tertiary/aromatic N) is 2. The molecule has 2 aromatic rings. The van der Waals surface area contributed by atoms with Gasteiger partial charge in [0.1, 0.15) is 15.5 Å². The van der Waals surface area contributed by atoms with Crippen molar-refractivity contribution in [1.29, 1.82) is 0 Å². The molecule has 0 aliphatic heterocycles. The van der Waals surface area contributed by atoms with E-state index in [1.165, 1.54) is 0 Å². The molecule has 0 aliphatic carbocycles. The molecule has 102 valence electrons. The first kappa shape index (κ1) is 13.7. The lowest BCUT2D eigenvalue weighted by Crippen LogP contribution is -2.25. The second-order valence-electron chi connectivity index (χ2n) is 5.01. The van der Waals surface area contributed by atoms with Crippen LogP contribution in [-0.2, 0) is 6.54 Å². The van der Waals surface area contributed by atoms with Crippen molar-refractivity contribution in [2.24, 2.45) is 5.92 Å². The van der Waals surface area contributed by atoms with Gasteiger partial charge in [-0.25, -0.2) is 9.78 Å². The molecule has 0 bridgehead atoms. The highest BCUT2D eigenvalue weighted by molar-refractivity contribution is 7.20. The van der Waals surface area contributed by atoms with Crippen molar-refractivity contribution in [3.05, 3.63) is 26.6 Å². The van der Waals surface area contributed by atoms with E-state index in [-0.39, 0.29) is 10.4 Å². The second-order valence-corrected chi connectivity index (χ2v) is 6.01. The highest BCUT2D eigenvalue weighted by Gasteiger charge is 2.20. The lowest BCUT2D eigenvalue weighted by Gasteiger charge is -2.11. The maximum Gasteiger partial charge on any atom is 0.346 e. The fraction of sp³-hybridized carbons (Fsp3) is 0.462. The minimum absolute atomic E-state index is 0.141. The third-order valence-corrected chi connectivity index (χ3v) is 4.16. The van der Waals surface area contributed by atoms with E-state index in [0.29, 0.717) is 34.1 Å². The van der Waals surface area contributed by atoms with Gasteiger partial charge in [0.15, 0.2) is 0 Å². The molecule has 0 unspecified atom stereocenters. The molecule has 0 saturated carbocycles. The van der Waals surface area contributed by atoms with Crippen molar-refractivity contribution in [3.63, 3.8) is 0 Å². The predicted molar refractivity (Wildman–Crippen MR) is 75.2 cm³/mol. The maximum atomic E-state index is 12.5. The number of rotatable bonds is 3. The Balaban J connectivity index is 2.80. The normalized spacial score (nSPS) is 11.4. The zero-order valence-electron chi connectivity index (χ0n) is 11.4. The molecule has 19 heavy (non-hydrogen) atoms. The number of aryl methyl sites for hydroxylation is 2. The quantitative estimate of drug-likeness (QED) is 0.937. The zero-order valence-corrected chi connectivity index (χ0v) is 12.2. The topological polar surface area (TPSA) is 72.2 Å². The van der Waals surface area contributed by atoms with Gasteiger partial charge in [-0.05, 0) is 25.3 Å². The average molecular weight is 280 g/mol. The first-order valence-corrected chi connectivity index (χ1v) is 6.88. The van der Waals surface area contributed by atoms with Crippen LogP contribution in [0.1, 0.15) is 34.9 Å². The Morgan fingerprint density at radius 2 is 2.05 bits per heavy atom. The number of aromatic carboxylic acids is 1. The summed E-state index contributed by atoms with van der Waals surface area (Å²) in [4.78, 5) is 28.7. The molecule has 2 heterocycles. The number of hydrogen-bond acceptors (Lipinski definition) is 4. The lowest BCUT2D eigenvalue weighted by molar-refractivity contribution is 0.0701. The molecule has 0 atom stereocenters. The van der Waals surface area contributed by atoms with Crippen molar-refractivity contribution in [1.82, 2.24) is 9.55 Å². The van der Waals surface area contributed by atoms with Crippen molar-refractivity contribution >= 4 is 27.5 Å². The van der Waals surface area contributed by atoms with Crippen LogP contribution in [0.4, 0.5) is 0 Å². The molecule has 1 N–H and O–H groups in total. The van der Waals surface area contributed by atoms with Gasteiger partial charge in [-0.2, -0.15) is 0 Å². The van der Waals surface area contributed by atoms with Crippen LogP contribution in [0.3, 0.4) is 0 Å². The average Bonchev–Trinajstić information content (AvgIpc) is 2.61. The first-order valence-electron chi connectivity index (χ1n) is 6.06. The lowest BCUT2D eigenvalue weighted by atomic mass is 10.2. The van der Waals surface area contributed by atoms with E-state index in [0.717, 1.165) is 11.3 Å². The molecule has 0 fully saturated rings. The van der Waals surface area contributed by atoms with E-state index in [2.05, 4.69) is 4.98 Å². The Morgan fingerprint density at radius 3 is 2.58 bits per heavy atom. The van der Waals surface area contributed by atoms with E-state index >= 15 is 0 Å². The molecule has 0 spiro atoms. The molecular formula is C13H16N2O3S. The Kier molecular flexibility index (Phi) is 3.45. The number of carbonyl (C=O) groups is 1. The van der Waals surface area contributed by atoms with Crippen molar-refractivity contribution in [3.8, 4) is 0 Å². The SMILES string of the molecule is Cc1c(C(=O)O)sc2nc(C)n(CC(C)C)c(=O)c12. The van der Waals surface area contributed by atoms with Gasteiger partial charge in [0, 0.05) is 6.54 Å².